The van der Waals surface area contributed by atoms with Gasteiger partial charge in [-0.3, -0.25) is 4.79 Å². The van der Waals surface area contributed by atoms with Gasteiger partial charge in [-0.1, -0.05) is 18.1 Å². The zero-order chi connectivity index (χ0) is 16.7. The molecule has 3 aromatic rings. The van der Waals surface area contributed by atoms with E-state index < -0.39 is 0 Å². The molecule has 0 saturated heterocycles. The molecule has 0 aliphatic heterocycles. The van der Waals surface area contributed by atoms with E-state index in [0.717, 1.165) is 16.7 Å². The van der Waals surface area contributed by atoms with Gasteiger partial charge >= 0.3 is 0 Å². The van der Waals surface area contributed by atoms with E-state index in [4.69, 9.17) is 13.7 Å². The van der Waals surface area contributed by atoms with Gasteiger partial charge in [0.1, 0.15) is 18.1 Å². The molecule has 24 heavy (non-hydrogen) atoms. The second-order valence-corrected chi connectivity index (χ2v) is 6.15. The number of rotatable bonds is 4. The van der Waals surface area contributed by atoms with Crippen LogP contribution in [0.3, 0.4) is 0 Å². The SMILES string of the molecule is Cc1ccc(OCc2cc(-c3ccco3)on2)c2c1C(C)CC2=O. The minimum Gasteiger partial charge on any atom is -0.486 e. The van der Waals surface area contributed by atoms with Gasteiger partial charge in [-0.25, -0.2) is 0 Å². The van der Waals surface area contributed by atoms with E-state index in [0.29, 0.717) is 29.4 Å². The van der Waals surface area contributed by atoms with Crippen molar-refractivity contribution in [3.63, 3.8) is 0 Å². The fourth-order valence-electron chi connectivity index (χ4n) is 3.30. The first kappa shape index (κ1) is 14.8. The van der Waals surface area contributed by atoms with Crippen LogP contribution in [0, 0.1) is 6.92 Å². The molecule has 1 unspecified atom stereocenters. The molecule has 2 aromatic heterocycles. The first-order chi connectivity index (χ1) is 11.6. The lowest BCUT2D eigenvalue weighted by molar-refractivity contribution is 0.0986. The van der Waals surface area contributed by atoms with E-state index >= 15 is 0 Å². The van der Waals surface area contributed by atoms with Crippen LogP contribution in [0.15, 0.2) is 45.5 Å². The van der Waals surface area contributed by atoms with Gasteiger partial charge in [-0.2, -0.15) is 0 Å². The van der Waals surface area contributed by atoms with Gasteiger partial charge in [-0.05, 0) is 42.2 Å². The van der Waals surface area contributed by atoms with Gasteiger partial charge < -0.3 is 13.7 Å². The lowest BCUT2D eigenvalue weighted by atomic mass is 9.97. The van der Waals surface area contributed by atoms with Crippen molar-refractivity contribution >= 4 is 5.78 Å². The third kappa shape index (κ3) is 2.42. The van der Waals surface area contributed by atoms with Crippen molar-refractivity contribution in [3.8, 4) is 17.3 Å². The van der Waals surface area contributed by atoms with E-state index in [-0.39, 0.29) is 18.3 Å². The summed E-state index contributed by atoms with van der Waals surface area (Å²) in [4.78, 5) is 12.3. The number of hydrogen-bond acceptors (Lipinski definition) is 5. The molecule has 1 aliphatic carbocycles. The molecule has 4 rings (SSSR count). The van der Waals surface area contributed by atoms with Crippen LogP contribution in [0.4, 0.5) is 0 Å². The fraction of sp³-hybridized carbons (Fsp3) is 0.263. The molecular weight excluding hydrogens is 306 g/mol. The van der Waals surface area contributed by atoms with Crippen LogP contribution in [0.5, 0.6) is 5.75 Å². The van der Waals surface area contributed by atoms with Gasteiger partial charge in [0.15, 0.2) is 11.5 Å². The maximum absolute atomic E-state index is 12.3. The fourth-order valence-corrected chi connectivity index (χ4v) is 3.30. The minimum absolute atomic E-state index is 0.146. The van der Waals surface area contributed by atoms with Crippen LogP contribution in [-0.4, -0.2) is 10.9 Å². The maximum atomic E-state index is 12.3. The van der Waals surface area contributed by atoms with Crippen LogP contribution < -0.4 is 4.74 Å². The Morgan fingerprint density at radius 3 is 2.96 bits per heavy atom. The van der Waals surface area contributed by atoms with Crippen molar-refractivity contribution in [2.45, 2.75) is 32.8 Å². The summed E-state index contributed by atoms with van der Waals surface area (Å²) < 4.78 is 16.4. The molecule has 1 aromatic carbocycles. The van der Waals surface area contributed by atoms with Gasteiger partial charge in [0.05, 0.1) is 11.8 Å². The molecule has 2 heterocycles. The molecule has 0 bridgehead atoms. The number of fused-ring (bicyclic) bond motifs is 1. The lowest BCUT2D eigenvalue weighted by Gasteiger charge is -2.12. The van der Waals surface area contributed by atoms with E-state index in [1.54, 1.807) is 24.5 Å². The quantitative estimate of drug-likeness (QED) is 0.706. The number of furan rings is 1. The largest absolute Gasteiger partial charge is 0.486 e. The number of ketones is 1. The molecular formula is C19H17NO4. The third-order valence-corrected chi connectivity index (χ3v) is 4.39. The van der Waals surface area contributed by atoms with Crippen LogP contribution >= 0.6 is 0 Å². The maximum Gasteiger partial charge on any atom is 0.202 e. The molecule has 0 saturated carbocycles. The Morgan fingerprint density at radius 1 is 1.29 bits per heavy atom. The van der Waals surface area contributed by atoms with Crippen LogP contribution in [0.2, 0.25) is 0 Å². The summed E-state index contributed by atoms with van der Waals surface area (Å²) in [6, 6.07) is 9.23. The normalized spacial score (nSPS) is 16.4. The molecule has 5 heteroatoms. The second kappa shape index (κ2) is 5.67. The molecule has 5 nitrogen and oxygen atoms in total. The van der Waals surface area contributed by atoms with E-state index in [1.165, 1.54) is 0 Å². The van der Waals surface area contributed by atoms with Crippen molar-refractivity contribution in [1.29, 1.82) is 0 Å². The number of Topliss-reactive ketones (excluding diaryl/α,β-unsaturated/α-hetero) is 1. The molecule has 1 atom stereocenters. The smallest absolute Gasteiger partial charge is 0.202 e. The third-order valence-electron chi connectivity index (χ3n) is 4.39. The zero-order valence-corrected chi connectivity index (χ0v) is 13.5. The van der Waals surface area contributed by atoms with Gasteiger partial charge in [-0.15, -0.1) is 0 Å². The van der Waals surface area contributed by atoms with Crippen molar-refractivity contribution in [2.75, 3.05) is 0 Å². The standard InChI is InChI=1S/C19H17NO4/c1-11-5-6-16(19-14(21)8-12(2)18(11)19)23-10-13-9-17(24-20-13)15-4-3-7-22-15/h3-7,9,12H,8,10H2,1-2H3. The first-order valence-corrected chi connectivity index (χ1v) is 7.92. The number of benzene rings is 1. The molecule has 0 N–H and O–H groups in total. The number of aryl methyl sites for hydroxylation is 1. The average molecular weight is 323 g/mol. The van der Waals surface area contributed by atoms with Gasteiger partial charge in [0.2, 0.25) is 5.76 Å². The predicted octanol–water partition coefficient (Wildman–Crippen LogP) is 4.51. The Hall–Kier alpha value is -2.82. The minimum atomic E-state index is 0.146. The molecule has 0 fully saturated rings. The topological polar surface area (TPSA) is 65.5 Å². The summed E-state index contributed by atoms with van der Waals surface area (Å²) in [5.74, 6) is 2.18. The lowest BCUT2D eigenvalue weighted by Crippen LogP contribution is -2.02. The van der Waals surface area contributed by atoms with Gasteiger partial charge in [0.25, 0.3) is 0 Å². The summed E-state index contributed by atoms with van der Waals surface area (Å²) in [6.07, 6.45) is 2.12. The van der Waals surface area contributed by atoms with Gasteiger partial charge in [0, 0.05) is 12.5 Å². The van der Waals surface area contributed by atoms with E-state index in [9.17, 15) is 4.79 Å². The highest BCUT2D eigenvalue weighted by Crippen LogP contribution is 2.40. The summed E-state index contributed by atoms with van der Waals surface area (Å²) in [6.45, 7) is 4.35. The highest BCUT2D eigenvalue weighted by Gasteiger charge is 2.31. The number of nitrogens with zero attached hydrogens (tertiary/aromatic N) is 1. The van der Waals surface area contributed by atoms with E-state index in [1.807, 2.05) is 19.1 Å². The number of ether oxygens (including phenoxy) is 1. The number of carbonyl (C=O) groups excluding carboxylic acids is 1. The van der Waals surface area contributed by atoms with Crippen LogP contribution in [-0.2, 0) is 6.61 Å². The Morgan fingerprint density at radius 2 is 2.17 bits per heavy atom. The molecule has 0 amide bonds. The Bertz CT molecular complexity index is 892. The summed E-state index contributed by atoms with van der Waals surface area (Å²) in [5, 5.41) is 3.99. The summed E-state index contributed by atoms with van der Waals surface area (Å²) in [5.41, 5.74) is 3.61. The van der Waals surface area contributed by atoms with Crippen molar-refractivity contribution in [1.82, 2.24) is 5.16 Å². The zero-order valence-electron chi connectivity index (χ0n) is 13.5. The van der Waals surface area contributed by atoms with E-state index in [2.05, 4.69) is 12.1 Å². The Labute approximate surface area is 139 Å². The number of carbonyl (C=O) groups is 1. The highest BCUT2D eigenvalue weighted by atomic mass is 16.5. The molecule has 1 aliphatic rings. The number of hydrogen-bond donors (Lipinski definition) is 0. The predicted molar refractivity (Wildman–Crippen MR) is 87.1 cm³/mol. The average Bonchev–Trinajstić information content (AvgIpc) is 3.28. The van der Waals surface area contributed by atoms with Crippen molar-refractivity contribution < 1.29 is 18.5 Å². The molecule has 0 spiro atoms. The van der Waals surface area contributed by atoms with Crippen LogP contribution in [0.25, 0.3) is 11.5 Å². The Kier molecular flexibility index (Phi) is 3.49. The molecule has 0 radical (unpaired) electrons. The number of aromatic nitrogens is 1. The first-order valence-electron chi connectivity index (χ1n) is 7.92. The summed E-state index contributed by atoms with van der Waals surface area (Å²) >= 11 is 0. The summed E-state index contributed by atoms with van der Waals surface area (Å²) in [7, 11) is 0. The highest BCUT2D eigenvalue weighted by molar-refractivity contribution is 6.04. The van der Waals surface area contributed by atoms with Crippen molar-refractivity contribution in [2.24, 2.45) is 0 Å². The Balaban J connectivity index is 1.56. The van der Waals surface area contributed by atoms with Crippen LogP contribution in [0.1, 0.15) is 46.4 Å². The second-order valence-electron chi connectivity index (χ2n) is 6.15. The van der Waals surface area contributed by atoms with Crippen molar-refractivity contribution in [3.05, 3.63) is 59.0 Å². The molecule has 122 valence electrons. The monoisotopic (exact) mass is 323 g/mol.